The first kappa shape index (κ1) is 9.95. The van der Waals surface area contributed by atoms with Gasteiger partial charge in [-0.15, -0.1) is 0 Å². The quantitative estimate of drug-likeness (QED) is 0.617. The number of carboxylic acid groups (broad SMARTS) is 1. The van der Waals surface area contributed by atoms with Crippen molar-refractivity contribution in [3.63, 3.8) is 0 Å². The third-order valence-corrected chi connectivity index (χ3v) is 1.34. The van der Waals surface area contributed by atoms with Gasteiger partial charge in [0.25, 0.3) is 0 Å². The fourth-order valence-corrected chi connectivity index (χ4v) is 0.795. The van der Waals surface area contributed by atoms with E-state index in [1.807, 2.05) is 0 Å². The van der Waals surface area contributed by atoms with E-state index in [2.05, 4.69) is 13.5 Å². The van der Waals surface area contributed by atoms with Crippen molar-refractivity contribution < 1.29 is 9.90 Å². The molecule has 0 heterocycles. The molecule has 0 saturated heterocycles. The van der Waals surface area contributed by atoms with E-state index in [4.69, 9.17) is 5.11 Å². The largest absolute Gasteiger partial charge is 0.481 e. The normalized spacial score (nSPS) is 11.2. The number of hydrogen-bond acceptors (Lipinski definition) is 1. The maximum atomic E-state index is 10.1. The molecule has 0 aromatic carbocycles. The maximum Gasteiger partial charge on any atom is 0.307 e. The van der Waals surface area contributed by atoms with Gasteiger partial charge in [0.15, 0.2) is 0 Å². The van der Waals surface area contributed by atoms with E-state index in [0.717, 1.165) is 18.4 Å². The van der Waals surface area contributed by atoms with Gasteiger partial charge in [-0.25, -0.2) is 0 Å². The van der Waals surface area contributed by atoms with Crippen LogP contribution in [0, 0.1) is 0 Å². The lowest BCUT2D eigenvalue weighted by Gasteiger charge is -1.96. The predicted molar refractivity (Wildman–Crippen MR) is 45.4 cm³/mol. The highest BCUT2D eigenvalue weighted by atomic mass is 16.4. The summed E-state index contributed by atoms with van der Waals surface area (Å²) in [5.74, 6) is -0.791. The van der Waals surface area contributed by atoms with Gasteiger partial charge in [-0.1, -0.05) is 37.6 Å². The number of hydrogen-bond donors (Lipinski definition) is 1. The molecule has 0 aromatic heterocycles. The SMILES string of the molecule is C=C/C(=C/CC(=O)O)CCC. The molecule has 0 rings (SSSR count). The molecule has 0 unspecified atom stereocenters. The van der Waals surface area contributed by atoms with Crippen LogP contribution in [-0.2, 0) is 4.79 Å². The molecule has 0 fully saturated rings. The molecule has 0 bridgehead atoms. The lowest BCUT2D eigenvalue weighted by Crippen LogP contribution is -1.91. The summed E-state index contributed by atoms with van der Waals surface area (Å²) in [4.78, 5) is 10.1. The zero-order chi connectivity index (χ0) is 8.69. The number of carboxylic acids is 1. The zero-order valence-electron chi connectivity index (χ0n) is 6.84. The van der Waals surface area contributed by atoms with Gasteiger partial charge >= 0.3 is 5.97 Å². The van der Waals surface area contributed by atoms with E-state index in [-0.39, 0.29) is 6.42 Å². The molecule has 0 aliphatic heterocycles. The van der Waals surface area contributed by atoms with Gasteiger partial charge in [0.2, 0.25) is 0 Å². The summed E-state index contributed by atoms with van der Waals surface area (Å²) in [5.41, 5.74) is 1.02. The topological polar surface area (TPSA) is 37.3 Å². The van der Waals surface area contributed by atoms with E-state index in [1.165, 1.54) is 0 Å². The van der Waals surface area contributed by atoms with E-state index in [0.29, 0.717) is 0 Å². The first-order valence-electron chi connectivity index (χ1n) is 3.74. The molecule has 2 nitrogen and oxygen atoms in total. The van der Waals surface area contributed by atoms with E-state index < -0.39 is 5.97 Å². The standard InChI is InChI=1S/C9H14O2/c1-3-5-8(4-2)6-7-9(10)11/h4,6H,2-3,5,7H2,1H3,(H,10,11)/b8-6-. The van der Waals surface area contributed by atoms with Crippen molar-refractivity contribution in [3.05, 3.63) is 24.3 Å². The molecular formula is C9H14O2. The first-order chi connectivity index (χ1) is 5.20. The Labute approximate surface area is 67.2 Å². The van der Waals surface area contributed by atoms with Crippen LogP contribution in [-0.4, -0.2) is 11.1 Å². The Bertz CT molecular complexity index is 168. The molecule has 0 aliphatic rings. The third-order valence-electron chi connectivity index (χ3n) is 1.34. The molecule has 0 radical (unpaired) electrons. The Morgan fingerprint density at radius 3 is 2.64 bits per heavy atom. The van der Waals surface area contributed by atoms with Crippen LogP contribution in [0.15, 0.2) is 24.3 Å². The monoisotopic (exact) mass is 154 g/mol. The molecule has 1 N–H and O–H groups in total. The van der Waals surface area contributed by atoms with Crippen LogP contribution >= 0.6 is 0 Å². The van der Waals surface area contributed by atoms with Crippen LogP contribution in [0.3, 0.4) is 0 Å². The average molecular weight is 154 g/mol. The van der Waals surface area contributed by atoms with E-state index >= 15 is 0 Å². The predicted octanol–water partition coefficient (Wildman–Crippen LogP) is 2.37. The highest BCUT2D eigenvalue weighted by Gasteiger charge is 1.93. The van der Waals surface area contributed by atoms with Crippen LogP contribution < -0.4 is 0 Å². The van der Waals surface area contributed by atoms with Crippen molar-refractivity contribution in [2.75, 3.05) is 0 Å². The van der Waals surface area contributed by atoms with Crippen LogP contribution in [0.25, 0.3) is 0 Å². The van der Waals surface area contributed by atoms with Gasteiger partial charge in [0, 0.05) is 0 Å². The second-order valence-corrected chi connectivity index (χ2v) is 2.33. The second-order valence-electron chi connectivity index (χ2n) is 2.33. The number of carbonyl (C=O) groups is 1. The van der Waals surface area contributed by atoms with Crippen LogP contribution in [0.2, 0.25) is 0 Å². The summed E-state index contributed by atoms with van der Waals surface area (Å²) < 4.78 is 0. The Hall–Kier alpha value is -1.05. The molecule has 0 amide bonds. The zero-order valence-corrected chi connectivity index (χ0v) is 6.84. The molecule has 11 heavy (non-hydrogen) atoms. The summed E-state index contributed by atoms with van der Waals surface area (Å²) in [5, 5.41) is 8.35. The molecular weight excluding hydrogens is 140 g/mol. The molecule has 0 spiro atoms. The minimum Gasteiger partial charge on any atom is -0.481 e. The highest BCUT2D eigenvalue weighted by Crippen LogP contribution is 2.06. The first-order valence-corrected chi connectivity index (χ1v) is 3.74. The summed E-state index contributed by atoms with van der Waals surface area (Å²) in [6.45, 7) is 5.65. The van der Waals surface area contributed by atoms with Crippen molar-refractivity contribution in [3.8, 4) is 0 Å². The Morgan fingerprint density at radius 2 is 2.27 bits per heavy atom. The Morgan fingerprint density at radius 1 is 1.64 bits per heavy atom. The lowest BCUT2D eigenvalue weighted by molar-refractivity contribution is -0.136. The molecule has 0 aromatic rings. The Kier molecular flexibility index (Phi) is 5.17. The number of aliphatic carboxylic acids is 1. The molecule has 0 atom stereocenters. The van der Waals surface area contributed by atoms with Crippen molar-refractivity contribution in [2.45, 2.75) is 26.2 Å². The number of rotatable bonds is 5. The summed E-state index contributed by atoms with van der Waals surface area (Å²) in [6, 6.07) is 0. The van der Waals surface area contributed by atoms with Crippen LogP contribution in [0.5, 0.6) is 0 Å². The van der Waals surface area contributed by atoms with Crippen molar-refractivity contribution in [1.29, 1.82) is 0 Å². The second kappa shape index (κ2) is 5.71. The minimum absolute atomic E-state index is 0.0986. The highest BCUT2D eigenvalue weighted by molar-refractivity contribution is 5.68. The van der Waals surface area contributed by atoms with E-state index in [1.54, 1.807) is 12.2 Å². The van der Waals surface area contributed by atoms with E-state index in [9.17, 15) is 4.79 Å². The van der Waals surface area contributed by atoms with Gasteiger partial charge in [-0.05, 0) is 6.42 Å². The minimum atomic E-state index is -0.791. The summed E-state index contributed by atoms with van der Waals surface area (Å²) in [6.07, 6.45) is 5.46. The third kappa shape index (κ3) is 5.40. The summed E-state index contributed by atoms with van der Waals surface area (Å²) >= 11 is 0. The van der Waals surface area contributed by atoms with Crippen molar-refractivity contribution in [2.24, 2.45) is 0 Å². The lowest BCUT2D eigenvalue weighted by atomic mass is 10.1. The van der Waals surface area contributed by atoms with Gasteiger partial charge in [-0.2, -0.15) is 0 Å². The van der Waals surface area contributed by atoms with Gasteiger partial charge < -0.3 is 5.11 Å². The van der Waals surface area contributed by atoms with Crippen molar-refractivity contribution >= 4 is 5.97 Å². The van der Waals surface area contributed by atoms with Gasteiger partial charge in [-0.3, -0.25) is 4.79 Å². The number of allylic oxidation sites excluding steroid dienone is 2. The molecule has 2 heteroatoms. The van der Waals surface area contributed by atoms with Gasteiger partial charge in [0.05, 0.1) is 6.42 Å². The fourth-order valence-electron chi connectivity index (χ4n) is 0.795. The average Bonchev–Trinajstić information content (AvgIpc) is 1.97. The fraction of sp³-hybridized carbons (Fsp3) is 0.444. The maximum absolute atomic E-state index is 10.1. The smallest absolute Gasteiger partial charge is 0.307 e. The Balaban J connectivity index is 3.90. The van der Waals surface area contributed by atoms with Gasteiger partial charge in [0.1, 0.15) is 0 Å². The molecule has 62 valence electrons. The summed E-state index contributed by atoms with van der Waals surface area (Å²) in [7, 11) is 0. The molecule has 0 saturated carbocycles. The van der Waals surface area contributed by atoms with Crippen LogP contribution in [0.4, 0.5) is 0 Å². The molecule has 0 aliphatic carbocycles. The van der Waals surface area contributed by atoms with Crippen LogP contribution in [0.1, 0.15) is 26.2 Å². The van der Waals surface area contributed by atoms with Crippen molar-refractivity contribution in [1.82, 2.24) is 0 Å².